The van der Waals surface area contributed by atoms with Gasteiger partial charge in [-0.15, -0.1) is 11.3 Å². The molecule has 7 nitrogen and oxygen atoms in total. The van der Waals surface area contributed by atoms with Gasteiger partial charge in [-0.25, -0.2) is 4.98 Å². The second kappa shape index (κ2) is 9.61. The topological polar surface area (TPSA) is 97.4 Å². The van der Waals surface area contributed by atoms with Crippen molar-refractivity contribution in [3.63, 3.8) is 0 Å². The zero-order valence-corrected chi connectivity index (χ0v) is 15.8. The quantitative estimate of drug-likeness (QED) is 0.472. The van der Waals surface area contributed by atoms with Crippen LogP contribution in [0.2, 0.25) is 0 Å². The van der Waals surface area contributed by atoms with Gasteiger partial charge in [0, 0.05) is 12.0 Å². The minimum atomic E-state index is -0.608. The Labute approximate surface area is 165 Å². The van der Waals surface area contributed by atoms with E-state index in [4.69, 9.17) is 4.74 Å². The summed E-state index contributed by atoms with van der Waals surface area (Å²) in [5.41, 5.74) is 5.84. The normalized spacial score (nSPS) is 10.4. The summed E-state index contributed by atoms with van der Waals surface area (Å²) in [6, 6.07) is 16.3. The van der Waals surface area contributed by atoms with Gasteiger partial charge >= 0.3 is 5.97 Å². The Bertz CT molecular complexity index is 939. The fourth-order valence-electron chi connectivity index (χ4n) is 2.45. The Balaban J connectivity index is 1.32. The van der Waals surface area contributed by atoms with Crippen LogP contribution in [-0.4, -0.2) is 29.4 Å². The lowest BCUT2D eigenvalue weighted by atomic mass is 10.2. The van der Waals surface area contributed by atoms with E-state index in [0.717, 1.165) is 15.2 Å². The third-order valence-electron chi connectivity index (χ3n) is 3.83. The molecule has 0 unspecified atom stereocenters. The molecule has 144 valence electrons. The lowest BCUT2D eigenvalue weighted by molar-refractivity contribution is -0.148. The molecule has 1 heterocycles. The van der Waals surface area contributed by atoms with E-state index < -0.39 is 24.4 Å². The number of hydrogen-bond donors (Lipinski definition) is 2. The highest BCUT2D eigenvalue weighted by atomic mass is 32.1. The van der Waals surface area contributed by atoms with Crippen LogP contribution in [0, 0.1) is 0 Å². The molecule has 0 saturated carbocycles. The molecule has 2 aromatic carbocycles. The number of fused-ring (bicyclic) bond motifs is 1. The molecule has 28 heavy (non-hydrogen) atoms. The maximum Gasteiger partial charge on any atom is 0.306 e. The molecule has 2 amide bonds. The van der Waals surface area contributed by atoms with Gasteiger partial charge in [-0.3, -0.25) is 25.2 Å². The van der Waals surface area contributed by atoms with E-state index in [9.17, 15) is 14.4 Å². The largest absolute Gasteiger partial charge is 0.455 e. The number of nitrogens with zero attached hydrogens (tertiary/aromatic N) is 1. The monoisotopic (exact) mass is 397 g/mol. The van der Waals surface area contributed by atoms with E-state index in [2.05, 4.69) is 15.8 Å². The van der Waals surface area contributed by atoms with Crippen LogP contribution in [0.15, 0.2) is 54.6 Å². The lowest BCUT2D eigenvalue weighted by Gasteiger charge is -2.08. The van der Waals surface area contributed by atoms with Gasteiger partial charge in [-0.05, 0) is 37.1 Å². The summed E-state index contributed by atoms with van der Waals surface area (Å²) in [4.78, 5) is 39.7. The molecule has 0 saturated heterocycles. The number of aromatic nitrogens is 1. The first-order valence-electron chi connectivity index (χ1n) is 8.76. The number of benzene rings is 2. The number of esters is 1. The van der Waals surface area contributed by atoms with Gasteiger partial charge in [0.25, 0.3) is 11.8 Å². The number of nitrogens with one attached hydrogen (secondary N) is 2. The molecule has 0 atom stereocenters. The van der Waals surface area contributed by atoms with E-state index in [1.54, 1.807) is 41.7 Å². The molecule has 3 aromatic rings. The highest BCUT2D eigenvalue weighted by Gasteiger charge is 2.10. The fourth-order valence-corrected chi connectivity index (χ4v) is 3.46. The summed E-state index contributed by atoms with van der Waals surface area (Å²) < 4.78 is 6.04. The molecular weight excluding hydrogens is 378 g/mol. The van der Waals surface area contributed by atoms with E-state index in [1.165, 1.54) is 0 Å². The summed E-state index contributed by atoms with van der Waals surface area (Å²) in [6.07, 6.45) is 1.46. The molecular formula is C20H19N3O4S. The number of aryl methyl sites for hydroxylation is 1. The van der Waals surface area contributed by atoms with E-state index in [-0.39, 0.29) is 6.42 Å². The molecule has 0 fully saturated rings. The van der Waals surface area contributed by atoms with E-state index in [1.807, 2.05) is 24.3 Å². The molecule has 0 aliphatic carbocycles. The standard InChI is InChI=1S/C20H19N3O4S/c24-17(22-23-20(26)14-7-2-1-3-8-14)13-27-19(25)12-6-11-18-21-15-9-4-5-10-16(15)28-18/h1-5,7-10H,6,11-13H2,(H,22,24)(H,23,26). The number of carbonyl (C=O) groups excluding carboxylic acids is 3. The first kappa shape index (κ1) is 19.5. The van der Waals surface area contributed by atoms with Crippen molar-refractivity contribution >= 4 is 39.3 Å². The average Bonchev–Trinajstić information content (AvgIpc) is 3.14. The fraction of sp³-hybridized carbons (Fsp3) is 0.200. The van der Waals surface area contributed by atoms with Crippen molar-refractivity contribution in [2.24, 2.45) is 0 Å². The summed E-state index contributed by atoms with van der Waals surface area (Å²) in [5.74, 6) is -1.52. The minimum absolute atomic E-state index is 0.194. The van der Waals surface area contributed by atoms with Crippen LogP contribution in [0.4, 0.5) is 0 Å². The van der Waals surface area contributed by atoms with Crippen LogP contribution in [0.1, 0.15) is 28.2 Å². The number of carbonyl (C=O) groups is 3. The van der Waals surface area contributed by atoms with Crippen molar-refractivity contribution in [1.82, 2.24) is 15.8 Å². The molecule has 8 heteroatoms. The van der Waals surface area contributed by atoms with Crippen molar-refractivity contribution in [3.05, 3.63) is 65.2 Å². The van der Waals surface area contributed by atoms with Crippen LogP contribution in [0.3, 0.4) is 0 Å². The smallest absolute Gasteiger partial charge is 0.306 e. The number of ether oxygens (including phenoxy) is 1. The van der Waals surface area contributed by atoms with Crippen LogP contribution >= 0.6 is 11.3 Å². The number of amides is 2. The van der Waals surface area contributed by atoms with Crippen LogP contribution in [0.5, 0.6) is 0 Å². The number of rotatable bonds is 7. The number of hydrazine groups is 1. The highest BCUT2D eigenvalue weighted by molar-refractivity contribution is 7.18. The minimum Gasteiger partial charge on any atom is -0.455 e. The number of hydrogen-bond acceptors (Lipinski definition) is 6. The third-order valence-corrected chi connectivity index (χ3v) is 4.92. The Morgan fingerprint density at radius 2 is 1.71 bits per heavy atom. The second-order valence-electron chi connectivity index (χ2n) is 5.96. The first-order chi connectivity index (χ1) is 13.6. The maximum absolute atomic E-state index is 11.8. The SMILES string of the molecule is O=C(COC(=O)CCCc1nc2ccccc2s1)NNC(=O)c1ccccc1. The van der Waals surface area contributed by atoms with Gasteiger partial charge in [0.1, 0.15) is 0 Å². The summed E-state index contributed by atoms with van der Waals surface area (Å²) >= 11 is 1.61. The highest BCUT2D eigenvalue weighted by Crippen LogP contribution is 2.22. The maximum atomic E-state index is 11.8. The van der Waals surface area contributed by atoms with Crippen LogP contribution in [-0.2, 0) is 20.7 Å². The van der Waals surface area contributed by atoms with Gasteiger partial charge in [-0.1, -0.05) is 30.3 Å². The van der Waals surface area contributed by atoms with Crippen molar-refractivity contribution in [2.75, 3.05) is 6.61 Å². The molecule has 0 aliphatic heterocycles. The molecule has 3 rings (SSSR count). The Kier molecular flexibility index (Phi) is 6.69. The van der Waals surface area contributed by atoms with Crippen molar-refractivity contribution in [1.29, 1.82) is 0 Å². The molecule has 1 aromatic heterocycles. The Morgan fingerprint density at radius 3 is 2.50 bits per heavy atom. The predicted molar refractivity (Wildman–Crippen MR) is 106 cm³/mol. The Hall–Kier alpha value is -3.26. The first-order valence-corrected chi connectivity index (χ1v) is 9.58. The van der Waals surface area contributed by atoms with E-state index >= 15 is 0 Å². The molecule has 0 aliphatic rings. The third kappa shape index (κ3) is 5.62. The molecule has 0 bridgehead atoms. The average molecular weight is 397 g/mol. The lowest BCUT2D eigenvalue weighted by Crippen LogP contribution is -2.43. The summed E-state index contributed by atoms with van der Waals surface area (Å²) in [7, 11) is 0. The van der Waals surface area contributed by atoms with Crippen molar-refractivity contribution < 1.29 is 19.1 Å². The Morgan fingerprint density at radius 1 is 0.964 bits per heavy atom. The summed E-state index contributed by atoms with van der Waals surface area (Å²) in [6.45, 7) is -0.449. The zero-order chi connectivity index (χ0) is 19.8. The second-order valence-corrected chi connectivity index (χ2v) is 7.07. The van der Waals surface area contributed by atoms with E-state index in [0.29, 0.717) is 18.4 Å². The predicted octanol–water partition coefficient (Wildman–Crippen LogP) is 2.62. The van der Waals surface area contributed by atoms with Gasteiger partial charge in [0.05, 0.1) is 15.2 Å². The zero-order valence-electron chi connectivity index (χ0n) is 15.0. The number of para-hydroxylation sites is 1. The number of thiazole rings is 1. The van der Waals surface area contributed by atoms with Crippen LogP contribution in [0.25, 0.3) is 10.2 Å². The van der Waals surface area contributed by atoms with Gasteiger partial charge in [-0.2, -0.15) is 0 Å². The van der Waals surface area contributed by atoms with Gasteiger partial charge < -0.3 is 4.74 Å². The van der Waals surface area contributed by atoms with Crippen LogP contribution < -0.4 is 10.9 Å². The summed E-state index contributed by atoms with van der Waals surface area (Å²) in [5, 5.41) is 0.968. The van der Waals surface area contributed by atoms with Gasteiger partial charge in [0.2, 0.25) is 0 Å². The molecule has 0 spiro atoms. The molecule has 0 radical (unpaired) electrons. The molecule has 2 N–H and O–H groups in total. The van der Waals surface area contributed by atoms with Gasteiger partial charge in [0.15, 0.2) is 6.61 Å². The van der Waals surface area contributed by atoms with Crippen molar-refractivity contribution in [2.45, 2.75) is 19.3 Å². The van der Waals surface area contributed by atoms with Crippen molar-refractivity contribution in [3.8, 4) is 0 Å².